The molecule has 1 aliphatic rings. The van der Waals surface area contributed by atoms with Gasteiger partial charge in [0.05, 0.1) is 6.04 Å². The zero-order chi connectivity index (χ0) is 18.1. The van der Waals surface area contributed by atoms with Crippen LogP contribution in [0.3, 0.4) is 0 Å². The molecule has 0 fully saturated rings. The minimum atomic E-state index is -0.549. The van der Waals surface area contributed by atoms with E-state index >= 15 is 0 Å². The number of hydrogen-bond acceptors (Lipinski definition) is 3. The molecular weight excluding hydrogens is 304 g/mol. The van der Waals surface area contributed by atoms with Gasteiger partial charge in [0.1, 0.15) is 5.60 Å². The van der Waals surface area contributed by atoms with Crippen LogP contribution in [0.5, 0.6) is 0 Å². The topological polar surface area (TPSA) is 58.6 Å². The Hall–Kier alpha value is -2.04. The molecule has 1 atom stereocenters. The molecule has 2 amide bonds. The van der Waals surface area contributed by atoms with Crippen LogP contribution in [-0.4, -0.2) is 35.1 Å². The van der Waals surface area contributed by atoms with Gasteiger partial charge in [-0.3, -0.25) is 4.79 Å². The highest BCUT2D eigenvalue weighted by atomic mass is 16.6. The molecule has 5 heteroatoms. The number of carbonyl (C=O) groups is 2. The number of rotatable bonds is 3. The van der Waals surface area contributed by atoms with E-state index < -0.39 is 11.7 Å². The fourth-order valence-corrected chi connectivity index (χ4v) is 2.67. The third kappa shape index (κ3) is 4.49. The summed E-state index contributed by atoms with van der Waals surface area (Å²) in [6, 6.07) is 7.44. The van der Waals surface area contributed by atoms with E-state index in [9.17, 15) is 9.59 Å². The van der Waals surface area contributed by atoms with Gasteiger partial charge in [0.2, 0.25) is 0 Å². The molecule has 2 rings (SSSR count). The molecule has 0 radical (unpaired) electrons. The molecule has 24 heavy (non-hydrogen) atoms. The number of hydrogen-bond donors (Lipinski definition) is 1. The average molecular weight is 332 g/mol. The second-order valence-electron chi connectivity index (χ2n) is 8.41. The Bertz CT molecular complexity index is 626. The van der Waals surface area contributed by atoms with Crippen LogP contribution in [0, 0.1) is 5.41 Å². The smallest absolute Gasteiger partial charge is 0.407 e. The van der Waals surface area contributed by atoms with Crippen molar-refractivity contribution >= 4 is 12.0 Å². The lowest BCUT2D eigenvalue weighted by Gasteiger charge is -2.35. The first kappa shape index (κ1) is 18.3. The highest BCUT2D eigenvalue weighted by Gasteiger charge is 2.34. The normalized spacial score (nSPS) is 15.9. The number of alkyl carbamates (subject to hydrolysis) is 1. The number of nitrogens with zero attached hydrogens (tertiary/aromatic N) is 1. The van der Waals surface area contributed by atoms with Crippen LogP contribution in [0.15, 0.2) is 24.3 Å². The maximum atomic E-state index is 12.6. The number of carbonyl (C=O) groups excluding carboxylic acids is 2. The fourth-order valence-electron chi connectivity index (χ4n) is 2.67. The van der Waals surface area contributed by atoms with Crippen LogP contribution in [0.2, 0.25) is 0 Å². The first-order valence-electron chi connectivity index (χ1n) is 8.34. The Morgan fingerprint density at radius 2 is 1.83 bits per heavy atom. The maximum absolute atomic E-state index is 12.6. The number of nitrogens with one attached hydrogen (secondary N) is 1. The second kappa shape index (κ2) is 6.46. The van der Waals surface area contributed by atoms with E-state index in [-0.39, 0.29) is 17.4 Å². The predicted octanol–water partition coefficient (Wildman–Crippen LogP) is 3.58. The van der Waals surface area contributed by atoms with Gasteiger partial charge in [-0.25, -0.2) is 4.79 Å². The van der Waals surface area contributed by atoms with Gasteiger partial charge >= 0.3 is 6.09 Å². The SMILES string of the molecule is CC(C)(C)OC(=O)N[C@H](CN1Cc2ccccc2C1=O)C(C)(C)C. The molecule has 0 spiro atoms. The largest absolute Gasteiger partial charge is 0.444 e. The minimum absolute atomic E-state index is 0.0193. The quantitative estimate of drug-likeness (QED) is 0.920. The third-order valence-corrected chi connectivity index (χ3v) is 4.04. The highest BCUT2D eigenvalue weighted by Crippen LogP contribution is 2.26. The molecule has 1 heterocycles. The van der Waals surface area contributed by atoms with Gasteiger partial charge in [-0.1, -0.05) is 39.0 Å². The summed E-state index contributed by atoms with van der Waals surface area (Å²) in [6.07, 6.45) is -0.452. The van der Waals surface area contributed by atoms with E-state index in [4.69, 9.17) is 4.74 Å². The third-order valence-electron chi connectivity index (χ3n) is 4.04. The van der Waals surface area contributed by atoms with E-state index in [1.165, 1.54) is 0 Å². The van der Waals surface area contributed by atoms with E-state index in [0.29, 0.717) is 13.1 Å². The van der Waals surface area contributed by atoms with Crippen LogP contribution >= 0.6 is 0 Å². The van der Waals surface area contributed by atoms with Crippen molar-refractivity contribution < 1.29 is 14.3 Å². The van der Waals surface area contributed by atoms with Crippen LogP contribution in [0.1, 0.15) is 57.5 Å². The molecular formula is C19H28N2O3. The minimum Gasteiger partial charge on any atom is -0.444 e. The molecule has 1 aromatic rings. The van der Waals surface area contributed by atoms with Gasteiger partial charge in [0.15, 0.2) is 0 Å². The molecule has 0 saturated carbocycles. The van der Waals surface area contributed by atoms with Crippen molar-refractivity contribution in [3.8, 4) is 0 Å². The Balaban J connectivity index is 2.08. The summed E-state index contributed by atoms with van der Waals surface area (Å²) in [5.41, 5.74) is 1.04. The van der Waals surface area contributed by atoms with E-state index in [0.717, 1.165) is 11.1 Å². The number of amides is 2. The summed E-state index contributed by atoms with van der Waals surface area (Å²) in [6.45, 7) is 12.7. The van der Waals surface area contributed by atoms with Gasteiger partial charge in [-0.15, -0.1) is 0 Å². The van der Waals surface area contributed by atoms with Crippen LogP contribution in [0.25, 0.3) is 0 Å². The van der Waals surface area contributed by atoms with Crippen molar-refractivity contribution in [3.63, 3.8) is 0 Å². The molecule has 5 nitrogen and oxygen atoms in total. The summed E-state index contributed by atoms with van der Waals surface area (Å²) in [5, 5.41) is 2.93. The second-order valence-corrected chi connectivity index (χ2v) is 8.41. The molecule has 0 unspecified atom stereocenters. The van der Waals surface area contributed by atoms with Crippen LogP contribution in [0.4, 0.5) is 4.79 Å². The molecule has 1 aromatic carbocycles. The Kier molecular flexibility index (Phi) is 4.92. The monoisotopic (exact) mass is 332 g/mol. The summed E-state index contributed by atoms with van der Waals surface area (Å²) < 4.78 is 5.36. The van der Waals surface area contributed by atoms with E-state index in [1.54, 1.807) is 4.90 Å². The Morgan fingerprint density at radius 1 is 1.21 bits per heavy atom. The Morgan fingerprint density at radius 3 is 2.38 bits per heavy atom. The van der Waals surface area contributed by atoms with E-state index in [2.05, 4.69) is 5.32 Å². The molecule has 132 valence electrons. The van der Waals surface area contributed by atoms with Crippen molar-refractivity contribution in [2.24, 2.45) is 5.41 Å². The zero-order valence-corrected chi connectivity index (χ0v) is 15.5. The van der Waals surface area contributed by atoms with Crippen molar-refractivity contribution in [2.75, 3.05) is 6.54 Å². The van der Waals surface area contributed by atoms with Gasteiger partial charge < -0.3 is 15.0 Å². The molecule has 1 N–H and O–H groups in total. The van der Waals surface area contributed by atoms with Crippen molar-refractivity contribution in [3.05, 3.63) is 35.4 Å². The number of benzene rings is 1. The lowest BCUT2D eigenvalue weighted by molar-refractivity contribution is 0.0424. The summed E-state index contributed by atoms with van der Waals surface area (Å²) in [5.74, 6) is 0.0193. The van der Waals surface area contributed by atoms with Gasteiger partial charge in [-0.2, -0.15) is 0 Å². The summed E-state index contributed by atoms with van der Waals surface area (Å²) >= 11 is 0. The first-order chi connectivity index (χ1) is 11.0. The number of fused-ring (bicyclic) bond motifs is 1. The highest BCUT2D eigenvalue weighted by molar-refractivity contribution is 5.98. The first-order valence-corrected chi connectivity index (χ1v) is 8.34. The van der Waals surface area contributed by atoms with Gasteiger partial charge in [0, 0.05) is 18.7 Å². The van der Waals surface area contributed by atoms with Crippen LogP contribution in [-0.2, 0) is 11.3 Å². The molecule has 0 aliphatic carbocycles. The summed E-state index contributed by atoms with van der Waals surface area (Å²) in [7, 11) is 0. The fraction of sp³-hybridized carbons (Fsp3) is 0.579. The maximum Gasteiger partial charge on any atom is 0.407 e. The molecule has 1 aliphatic heterocycles. The van der Waals surface area contributed by atoms with Gasteiger partial charge in [0.25, 0.3) is 5.91 Å². The predicted molar refractivity (Wildman–Crippen MR) is 93.8 cm³/mol. The zero-order valence-electron chi connectivity index (χ0n) is 15.5. The molecule has 0 saturated heterocycles. The summed E-state index contributed by atoms with van der Waals surface area (Å²) in [4.78, 5) is 26.5. The molecule has 0 aromatic heterocycles. The standard InChI is InChI=1S/C19H28N2O3/c1-18(2,3)15(20-17(23)24-19(4,5)6)12-21-11-13-9-7-8-10-14(13)16(21)22/h7-10,15H,11-12H2,1-6H3,(H,20,23)/t15-/m1/s1. The van der Waals surface area contributed by atoms with E-state index in [1.807, 2.05) is 65.8 Å². The average Bonchev–Trinajstić information content (AvgIpc) is 2.72. The van der Waals surface area contributed by atoms with Crippen molar-refractivity contribution in [1.82, 2.24) is 10.2 Å². The Labute approximate surface area is 144 Å². The lowest BCUT2D eigenvalue weighted by atomic mass is 9.86. The van der Waals surface area contributed by atoms with Crippen molar-refractivity contribution in [1.29, 1.82) is 0 Å². The van der Waals surface area contributed by atoms with Gasteiger partial charge in [-0.05, 0) is 37.8 Å². The number of ether oxygens (including phenoxy) is 1. The molecule has 0 bridgehead atoms. The lowest BCUT2D eigenvalue weighted by Crippen LogP contribution is -2.51. The van der Waals surface area contributed by atoms with Crippen molar-refractivity contribution in [2.45, 2.75) is 59.7 Å². The van der Waals surface area contributed by atoms with Crippen LogP contribution < -0.4 is 5.32 Å².